The molecule has 0 fully saturated rings. The molecule has 0 amide bonds. The van der Waals surface area contributed by atoms with Crippen LogP contribution in [0.4, 0.5) is 16.0 Å². The minimum atomic E-state index is -0.372. The maximum absolute atomic E-state index is 13.2. The molecule has 0 radical (unpaired) electrons. The summed E-state index contributed by atoms with van der Waals surface area (Å²) in [6, 6.07) is 12.5. The van der Waals surface area contributed by atoms with Crippen LogP contribution in [0, 0.1) is 5.82 Å². The van der Waals surface area contributed by atoms with E-state index in [-0.39, 0.29) is 23.0 Å². The van der Waals surface area contributed by atoms with Gasteiger partial charge in [0.25, 0.3) is 5.56 Å². The first-order valence-electron chi connectivity index (χ1n) is 7.88. The zero-order valence-electron chi connectivity index (χ0n) is 13.6. The number of benzene rings is 2. The van der Waals surface area contributed by atoms with Crippen molar-refractivity contribution in [2.45, 2.75) is 0 Å². The van der Waals surface area contributed by atoms with Crippen LogP contribution in [-0.2, 0) is 0 Å². The first-order valence-corrected chi connectivity index (χ1v) is 8.63. The summed E-state index contributed by atoms with van der Waals surface area (Å²) < 4.78 is 13.2. The minimum absolute atomic E-state index is 0.203. The molecule has 8 heteroatoms. The number of nitrogens with zero attached hydrogens (tertiary/aromatic N) is 2. The average Bonchev–Trinajstić information content (AvgIpc) is 2.61. The van der Waals surface area contributed by atoms with Gasteiger partial charge in [0.2, 0.25) is 5.95 Å². The van der Waals surface area contributed by atoms with E-state index in [9.17, 15) is 9.18 Å². The van der Waals surface area contributed by atoms with Crippen LogP contribution < -0.4 is 10.9 Å². The van der Waals surface area contributed by atoms with Crippen LogP contribution in [0.1, 0.15) is 0 Å². The van der Waals surface area contributed by atoms with E-state index < -0.39 is 0 Å². The molecule has 4 aromatic rings. The number of rotatable bonds is 3. The highest BCUT2D eigenvalue weighted by atomic mass is 35.5. The standard InChI is InChI=1S/C19H11Cl2FN4O/c20-11-7-12(21)9-14(8-11)24-19-25-17-16(18(27)26-19)15(5-6-23-17)10-1-3-13(22)4-2-10/h1-9H,(H2,23,24,25,26,27). The Balaban J connectivity index is 1.81. The van der Waals surface area contributed by atoms with E-state index in [2.05, 4.69) is 20.3 Å². The van der Waals surface area contributed by atoms with Crippen molar-refractivity contribution in [1.29, 1.82) is 0 Å². The number of H-pyrrole nitrogens is 1. The Labute approximate surface area is 162 Å². The van der Waals surface area contributed by atoms with E-state index in [0.717, 1.165) is 0 Å². The van der Waals surface area contributed by atoms with Crippen molar-refractivity contribution in [3.05, 3.63) is 80.9 Å². The number of hydrogen-bond donors (Lipinski definition) is 2. The molecule has 2 aromatic heterocycles. The van der Waals surface area contributed by atoms with Crippen LogP contribution in [-0.4, -0.2) is 15.0 Å². The molecule has 0 spiro atoms. The third-order valence-corrected chi connectivity index (χ3v) is 4.32. The van der Waals surface area contributed by atoms with Gasteiger partial charge >= 0.3 is 0 Å². The van der Waals surface area contributed by atoms with E-state index >= 15 is 0 Å². The fourth-order valence-corrected chi connectivity index (χ4v) is 3.28. The van der Waals surface area contributed by atoms with Crippen molar-refractivity contribution in [2.75, 3.05) is 5.32 Å². The predicted molar refractivity (Wildman–Crippen MR) is 105 cm³/mol. The van der Waals surface area contributed by atoms with Crippen molar-refractivity contribution >= 4 is 45.9 Å². The van der Waals surface area contributed by atoms with Gasteiger partial charge in [-0.15, -0.1) is 0 Å². The van der Waals surface area contributed by atoms with Crippen LogP contribution in [0.25, 0.3) is 22.2 Å². The molecule has 0 saturated heterocycles. The van der Waals surface area contributed by atoms with Crippen molar-refractivity contribution in [2.24, 2.45) is 0 Å². The number of aromatic nitrogens is 3. The molecule has 0 bridgehead atoms. The highest BCUT2D eigenvalue weighted by Gasteiger charge is 2.12. The molecule has 27 heavy (non-hydrogen) atoms. The van der Waals surface area contributed by atoms with Crippen molar-refractivity contribution in [3.63, 3.8) is 0 Å². The van der Waals surface area contributed by atoms with Gasteiger partial charge in [-0.1, -0.05) is 35.3 Å². The molecule has 2 heterocycles. The molecule has 0 saturated carbocycles. The maximum atomic E-state index is 13.2. The third-order valence-electron chi connectivity index (χ3n) is 3.89. The molecule has 5 nitrogen and oxygen atoms in total. The van der Waals surface area contributed by atoms with E-state index in [1.165, 1.54) is 12.1 Å². The van der Waals surface area contributed by atoms with Gasteiger partial charge in [0.05, 0.1) is 5.39 Å². The number of aromatic amines is 1. The molecule has 134 valence electrons. The van der Waals surface area contributed by atoms with E-state index in [4.69, 9.17) is 23.2 Å². The number of pyridine rings is 1. The van der Waals surface area contributed by atoms with Crippen molar-refractivity contribution in [1.82, 2.24) is 15.0 Å². The largest absolute Gasteiger partial charge is 0.326 e. The molecule has 0 atom stereocenters. The Bertz CT molecular complexity index is 1190. The predicted octanol–water partition coefficient (Wildman–Crippen LogP) is 5.17. The zero-order valence-corrected chi connectivity index (χ0v) is 15.1. The van der Waals surface area contributed by atoms with Crippen LogP contribution in [0.2, 0.25) is 10.0 Å². The second kappa shape index (κ2) is 6.98. The van der Waals surface area contributed by atoms with Crippen LogP contribution in [0.5, 0.6) is 0 Å². The summed E-state index contributed by atoms with van der Waals surface area (Å²) >= 11 is 12.0. The van der Waals surface area contributed by atoms with Gasteiger partial charge in [0, 0.05) is 21.9 Å². The highest BCUT2D eigenvalue weighted by Crippen LogP contribution is 2.26. The maximum Gasteiger partial charge on any atom is 0.262 e. The summed E-state index contributed by atoms with van der Waals surface area (Å²) in [6.45, 7) is 0. The summed E-state index contributed by atoms with van der Waals surface area (Å²) in [6.07, 6.45) is 1.55. The van der Waals surface area contributed by atoms with E-state index in [1.807, 2.05) is 0 Å². The van der Waals surface area contributed by atoms with Crippen LogP contribution in [0.3, 0.4) is 0 Å². The van der Waals surface area contributed by atoms with Gasteiger partial charge < -0.3 is 5.32 Å². The van der Waals surface area contributed by atoms with E-state index in [0.29, 0.717) is 32.2 Å². The molecule has 2 aromatic carbocycles. The lowest BCUT2D eigenvalue weighted by atomic mass is 10.0. The lowest BCUT2D eigenvalue weighted by molar-refractivity contribution is 0.628. The quantitative estimate of drug-likeness (QED) is 0.497. The van der Waals surface area contributed by atoms with Gasteiger partial charge in [0.15, 0.2) is 5.65 Å². The second-order valence-corrected chi connectivity index (χ2v) is 6.63. The third kappa shape index (κ3) is 3.63. The summed E-state index contributed by atoms with van der Waals surface area (Å²) in [7, 11) is 0. The lowest BCUT2D eigenvalue weighted by Gasteiger charge is -2.09. The summed E-state index contributed by atoms with van der Waals surface area (Å²) in [4.78, 5) is 23.9. The molecule has 2 N–H and O–H groups in total. The fourth-order valence-electron chi connectivity index (χ4n) is 2.76. The van der Waals surface area contributed by atoms with Crippen LogP contribution >= 0.6 is 23.2 Å². The molecular weight excluding hydrogens is 390 g/mol. The number of hydrogen-bond acceptors (Lipinski definition) is 4. The molecular formula is C19H11Cl2FN4O. The Kier molecular flexibility index (Phi) is 4.51. The Morgan fingerprint density at radius 1 is 1.00 bits per heavy atom. The van der Waals surface area contributed by atoms with E-state index in [1.54, 1.807) is 42.6 Å². The average molecular weight is 401 g/mol. The first-order chi connectivity index (χ1) is 13.0. The summed E-state index contributed by atoms with van der Waals surface area (Å²) in [5.41, 5.74) is 1.77. The lowest BCUT2D eigenvalue weighted by Crippen LogP contribution is -2.13. The Morgan fingerprint density at radius 3 is 2.41 bits per heavy atom. The number of fused-ring (bicyclic) bond motifs is 1. The van der Waals surface area contributed by atoms with Crippen LogP contribution in [0.15, 0.2) is 59.5 Å². The minimum Gasteiger partial charge on any atom is -0.326 e. The molecule has 0 aliphatic heterocycles. The van der Waals surface area contributed by atoms with Gasteiger partial charge in [-0.2, -0.15) is 4.98 Å². The second-order valence-electron chi connectivity index (χ2n) is 5.76. The van der Waals surface area contributed by atoms with Gasteiger partial charge in [-0.3, -0.25) is 9.78 Å². The first kappa shape index (κ1) is 17.5. The van der Waals surface area contributed by atoms with Gasteiger partial charge in [-0.25, -0.2) is 9.37 Å². The van der Waals surface area contributed by atoms with Crippen molar-refractivity contribution < 1.29 is 4.39 Å². The Morgan fingerprint density at radius 2 is 1.70 bits per heavy atom. The molecule has 0 aliphatic rings. The summed E-state index contributed by atoms with van der Waals surface area (Å²) in [5.74, 6) is -0.148. The van der Waals surface area contributed by atoms with Gasteiger partial charge in [-0.05, 0) is 47.5 Å². The normalized spacial score (nSPS) is 10.9. The SMILES string of the molecule is O=c1[nH]c(Nc2cc(Cl)cc(Cl)c2)nc2nccc(-c3ccc(F)cc3)c12. The summed E-state index contributed by atoms with van der Waals surface area (Å²) in [5, 5.41) is 4.18. The molecule has 0 aliphatic carbocycles. The number of anilines is 2. The number of halogens is 3. The van der Waals surface area contributed by atoms with Gasteiger partial charge in [0.1, 0.15) is 5.82 Å². The highest BCUT2D eigenvalue weighted by molar-refractivity contribution is 6.35. The fraction of sp³-hybridized carbons (Fsp3) is 0. The number of nitrogens with one attached hydrogen (secondary N) is 2. The Hall–Kier alpha value is -2.96. The monoisotopic (exact) mass is 400 g/mol. The molecule has 4 rings (SSSR count). The molecule has 0 unspecified atom stereocenters. The smallest absolute Gasteiger partial charge is 0.262 e. The topological polar surface area (TPSA) is 70.7 Å². The zero-order chi connectivity index (χ0) is 19.0. The van der Waals surface area contributed by atoms with Crippen molar-refractivity contribution in [3.8, 4) is 11.1 Å².